The molecule has 0 spiro atoms. The van der Waals surface area contributed by atoms with Crippen molar-refractivity contribution in [1.82, 2.24) is 0 Å². The van der Waals surface area contributed by atoms with Gasteiger partial charge in [0.05, 0.1) is 0 Å². The Morgan fingerprint density at radius 2 is 0.661 bits per heavy atom. The minimum atomic E-state index is -0.177. The molecule has 2 aliphatic rings. The Morgan fingerprint density at radius 3 is 1.20 bits per heavy atom. The second-order valence-corrected chi connectivity index (χ2v) is 17.1. The second kappa shape index (κ2) is 11.1. The standard InChI is InChI=1S/C56H40/c1-55(2)47-28-16-15-27-43(47)52-37-21-9-7-19-35(37)45(31-48(52)55)50-39-23-11-13-25-41(39)51(42-26-14-12-24-40(42)50)46-32-49-53(38-22-10-8-20-36(38)46)44-30-29-33-17-5-6-18-34(33)54(44)56(49,3)4/h5-32H,1-4H3. The summed E-state index contributed by atoms with van der Waals surface area (Å²) in [6, 6.07) is 64.3. The van der Waals surface area contributed by atoms with Gasteiger partial charge in [0, 0.05) is 10.8 Å². The van der Waals surface area contributed by atoms with E-state index in [2.05, 4.69) is 198 Å². The number of fused-ring (bicyclic) bond motifs is 14. The van der Waals surface area contributed by atoms with E-state index < -0.39 is 0 Å². The molecule has 0 unspecified atom stereocenters. The van der Waals surface area contributed by atoms with Crippen molar-refractivity contribution in [1.29, 1.82) is 0 Å². The quantitative estimate of drug-likeness (QED) is 0.157. The summed E-state index contributed by atoms with van der Waals surface area (Å²) in [7, 11) is 0. The largest absolute Gasteiger partial charge is 0.0619 e. The Kier molecular flexibility index (Phi) is 6.28. The van der Waals surface area contributed by atoms with Crippen molar-refractivity contribution < 1.29 is 0 Å². The molecule has 0 heteroatoms. The molecule has 0 radical (unpaired) electrons. The monoisotopic (exact) mass is 712 g/mol. The lowest BCUT2D eigenvalue weighted by atomic mass is 9.77. The molecule has 12 rings (SSSR count). The lowest BCUT2D eigenvalue weighted by molar-refractivity contribution is 0.661. The highest BCUT2D eigenvalue weighted by atomic mass is 14.4. The minimum absolute atomic E-state index is 0.116. The molecule has 0 bridgehead atoms. The van der Waals surface area contributed by atoms with Crippen LogP contribution in [0.5, 0.6) is 0 Å². The van der Waals surface area contributed by atoms with Crippen molar-refractivity contribution in [2.45, 2.75) is 38.5 Å². The number of rotatable bonds is 2. The summed E-state index contributed by atoms with van der Waals surface area (Å²) in [5.41, 5.74) is 16.1. The summed E-state index contributed by atoms with van der Waals surface area (Å²) in [4.78, 5) is 0. The van der Waals surface area contributed by atoms with E-state index in [1.807, 2.05) is 0 Å². The van der Waals surface area contributed by atoms with Crippen LogP contribution in [0.1, 0.15) is 49.9 Å². The van der Waals surface area contributed by atoms with Crippen LogP contribution >= 0.6 is 0 Å². The summed E-state index contributed by atoms with van der Waals surface area (Å²) < 4.78 is 0. The molecule has 0 nitrogen and oxygen atoms in total. The molecule has 0 aromatic heterocycles. The van der Waals surface area contributed by atoms with Gasteiger partial charge in [0.2, 0.25) is 0 Å². The molecule has 10 aromatic carbocycles. The van der Waals surface area contributed by atoms with E-state index in [-0.39, 0.29) is 10.8 Å². The zero-order chi connectivity index (χ0) is 37.5. The van der Waals surface area contributed by atoms with E-state index in [4.69, 9.17) is 0 Å². The molecule has 56 heavy (non-hydrogen) atoms. The van der Waals surface area contributed by atoms with E-state index in [1.165, 1.54) is 121 Å². The maximum atomic E-state index is 2.56. The number of hydrogen-bond acceptors (Lipinski definition) is 0. The van der Waals surface area contributed by atoms with Crippen molar-refractivity contribution in [2.75, 3.05) is 0 Å². The van der Waals surface area contributed by atoms with Crippen LogP contribution in [0.2, 0.25) is 0 Å². The fourth-order valence-electron chi connectivity index (χ4n) is 11.1. The van der Waals surface area contributed by atoms with Gasteiger partial charge >= 0.3 is 0 Å². The first-order valence-electron chi connectivity index (χ1n) is 20.0. The first-order chi connectivity index (χ1) is 27.3. The van der Waals surface area contributed by atoms with Gasteiger partial charge in [-0.05, 0) is 133 Å². The summed E-state index contributed by atoms with van der Waals surface area (Å²) in [5.74, 6) is 0. The van der Waals surface area contributed by atoms with Crippen LogP contribution in [-0.2, 0) is 10.8 Å². The topological polar surface area (TPSA) is 0 Å². The molecule has 0 amide bonds. The van der Waals surface area contributed by atoms with Crippen LogP contribution < -0.4 is 0 Å². The Labute approximate surface area is 327 Å². The second-order valence-electron chi connectivity index (χ2n) is 17.1. The van der Waals surface area contributed by atoms with Crippen LogP contribution in [0.25, 0.3) is 98.4 Å². The third kappa shape index (κ3) is 3.99. The van der Waals surface area contributed by atoms with E-state index >= 15 is 0 Å². The van der Waals surface area contributed by atoms with Gasteiger partial charge in [-0.2, -0.15) is 0 Å². The summed E-state index contributed by atoms with van der Waals surface area (Å²) in [6.07, 6.45) is 0. The van der Waals surface area contributed by atoms with Crippen LogP contribution in [0.3, 0.4) is 0 Å². The fraction of sp³-hybridized carbons (Fsp3) is 0.107. The predicted molar refractivity (Wildman–Crippen MR) is 240 cm³/mol. The van der Waals surface area contributed by atoms with Crippen LogP contribution in [0.15, 0.2) is 170 Å². The molecule has 0 fully saturated rings. The normalized spacial score (nSPS) is 14.7. The molecular weight excluding hydrogens is 673 g/mol. The van der Waals surface area contributed by atoms with Crippen molar-refractivity contribution >= 4 is 53.9 Å². The van der Waals surface area contributed by atoms with Gasteiger partial charge in [0.15, 0.2) is 0 Å². The predicted octanol–water partition coefficient (Wildman–Crippen LogP) is 15.4. The molecular formula is C56H40. The third-order valence-electron chi connectivity index (χ3n) is 13.6. The van der Waals surface area contributed by atoms with Crippen molar-refractivity contribution in [3.05, 3.63) is 192 Å². The van der Waals surface area contributed by atoms with E-state index in [1.54, 1.807) is 0 Å². The van der Waals surface area contributed by atoms with Crippen molar-refractivity contribution in [3.63, 3.8) is 0 Å². The number of hydrogen-bond donors (Lipinski definition) is 0. The molecule has 0 atom stereocenters. The van der Waals surface area contributed by atoms with Gasteiger partial charge < -0.3 is 0 Å². The summed E-state index contributed by atoms with van der Waals surface area (Å²) >= 11 is 0. The lowest BCUT2D eigenvalue weighted by Crippen LogP contribution is -2.15. The highest BCUT2D eigenvalue weighted by Gasteiger charge is 2.40. The van der Waals surface area contributed by atoms with Crippen molar-refractivity contribution in [2.24, 2.45) is 0 Å². The Hall–Kier alpha value is -6.50. The Bertz CT molecular complexity index is 3300. The zero-order valence-electron chi connectivity index (χ0n) is 32.2. The Morgan fingerprint density at radius 1 is 0.268 bits per heavy atom. The van der Waals surface area contributed by atoms with Gasteiger partial charge in [0.25, 0.3) is 0 Å². The fourth-order valence-corrected chi connectivity index (χ4v) is 11.1. The van der Waals surface area contributed by atoms with Gasteiger partial charge in [-0.25, -0.2) is 0 Å². The van der Waals surface area contributed by atoms with Crippen LogP contribution in [0, 0.1) is 0 Å². The molecule has 0 saturated heterocycles. The maximum Gasteiger partial charge on any atom is 0.0165 e. The average molecular weight is 713 g/mol. The summed E-state index contributed by atoms with van der Waals surface area (Å²) in [6.45, 7) is 9.66. The SMILES string of the molecule is CC1(C)c2ccccc2-c2c1cc(-c1c3ccccc3c(-c3cc4c(c5ccccc35)-c3ccc5ccccc5c3C4(C)C)c3ccccc13)c1ccccc21. The lowest BCUT2D eigenvalue weighted by Gasteiger charge is -2.26. The van der Waals surface area contributed by atoms with Crippen LogP contribution in [0.4, 0.5) is 0 Å². The Balaban J connectivity index is 1.20. The molecule has 0 saturated carbocycles. The molecule has 10 aromatic rings. The van der Waals surface area contributed by atoms with Crippen LogP contribution in [-0.4, -0.2) is 0 Å². The first-order valence-corrected chi connectivity index (χ1v) is 20.0. The van der Waals surface area contributed by atoms with Gasteiger partial charge in [-0.15, -0.1) is 0 Å². The zero-order valence-corrected chi connectivity index (χ0v) is 32.2. The van der Waals surface area contributed by atoms with Gasteiger partial charge in [-0.3, -0.25) is 0 Å². The minimum Gasteiger partial charge on any atom is -0.0619 e. The smallest absolute Gasteiger partial charge is 0.0165 e. The molecule has 0 N–H and O–H groups in total. The molecule has 0 heterocycles. The molecule has 2 aliphatic carbocycles. The third-order valence-corrected chi connectivity index (χ3v) is 13.6. The van der Waals surface area contributed by atoms with E-state index in [0.29, 0.717) is 0 Å². The highest BCUT2D eigenvalue weighted by Crippen LogP contribution is 2.58. The molecule has 264 valence electrons. The summed E-state index contributed by atoms with van der Waals surface area (Å²) in [5, 5.41) is 13.1. The number of benzene rings is 10. The van der Waals surface area contributed by atoms with Crippen molar-refractivity contribution in [3.8, 4) is 44.5 Å². The first kappa shape index (κ1) is 31.8. The molecule has 0 aliphatic heterocycles. The van der Waals surface area contributed by atoms with E-state index in [9.17, 15) is 0 Å². The maximum absolute atomic E-state index is 2.56. The van der Waals surface area contributed by atoms with E-state index in [0.717, 1.165) is 0 Å². The van der Waals surface area contributed by atoms with Gasteiger partial charge in [-0.1, -0.05) is 185 Å². The van der Waals surface area contributed by atoms with Gasteiger partial charge in [0.1, 0.15) is 0 Å². The average Bonchev–Trinajstić information content (AvgIpc) is 3.62. The highest BCUT2D eigenvalue weighted by molar-refractivity contribution is 6.27.